The molecule has 2 heterocycles. The molecule has 1 amide bonds. The van der Waals surface area contributed by atoms with Gasteiger partial charge < -0.3 is 25.0 Å². The average Bonchev–Trinajstić information content (AvgIpc) is 3.52. The number of nitrogens with zero attached hydrogens (tertiary/aromatic N) is 1. The molecule has 3 N–H and O–H groups in total. The first-order valence-corrected chi connectivity index (χ1v) is 8.66. The van der Waals surface area contributed by atoms with Crippen molar-refractivity contribution in [3.05, 3.63) is 47.8 Å². The highest BCUT2D eigenvalue weighted by atomic mass is 19.4. The van der Waals surface area contributed by atoms with E-state index >= 15 is 0 Å². The number of carbonyl (C=O) groups is 3. The number of ketones is 1. The van der Waals surface area contributed by atoms with Crippen molar-refractivity contribution in [2.75, 3.05) is 7.11 Å². The lowest BCUT2D eigenvalue weighted by Crippen LogP contribution is -2.37. The molecular weight excluding hydrogens is 425 g/mol. The van der Waals surface area contributed by atoms with Crippen molar-refractivity contribution >= 4 is 28.6 Å². The van der Waals surface area contributed by atoms with Gasteiger partial charge in [-0.15, -0.1) is 0 Å². The number of hydrogen-bond acceptors (Lipinski definition) is 7. The number of aliphatic hydroxyl groups is 1. The zero-order chi connectivity index (χ0) is 22.9. The maximum Gasteiger partial charge on any atom is 0.490 e. The summed E-state index contributed by atoms with van der Waals surface area (Å²) in [6.07, 6.45) is -4.44. The number of pyridine rings is 1. The molecule has 2 aromatic rings. The Morgan fingerprint density at radius 3 is 2.55 bits per heavy atom. The van der Waals surface area contributed by atoms with Crippen LogP contribution in [0.4, 0.5) is 13.2 Å². The van der Waals surface area contributed by atoms with E-state index in [1.807, 2.05) is 6.07 Å². The molecule has 0 radical (unpaired) electrons. The lowest BCUT2D eigenvalue weighted by molar-refractivity contribution is -0.192. The number of aromatic nitrogens is 1. The summed E-state index contributed by atoms with van der Waals surface area (Å²) in [5.41, 5.74) is 0.961. The minimum atomic E-state index is -5.08. The zero-order valence-corrected chi connectivity index (χ0v) is 15.7. The van der Waals surface area contributed by atoms with Gasteiger partial charge in [-0.2, -0.15) is 13.2 Å². The molecule has 4 rings (SSSR count). The zero-order valence-electron chi connectivity index (χ0n) is 15.7. The maximum absolute atomic E-state index is 12.6. The summed E-state index contributed by atoms with van der Waals surface area (Å²) in [6, 6.07) is 7.04. The third kappa shape index (κ3) is 4.64. The summed E-state index contributed by atoms with van der Waals surface area (Å²) >= 11 is 0. The summed E-state index contributed by atoms with van der Waals surface area (Å²) in [7, 11) is 1.46. The van der Waals surface area contributed by atoms with Crippen molar-refractivity contribution in [1.29, 1.82) is 0 Å². The van der Waals surface area contributed by atoms with Crippen LogP contribution in [-0.2, 0) is 14.3 Å². The first-order chi connectivity index (χ1) is 14.5. The van der Waals surface area contributed by atoms with Crippen LogP contribution >= 0.6 is 0 Å². The number of carbonyl (C=O) groups excluding carboxylic acids is 2. The highest BCUT2D eigenvalue weighted by Gasteiger charge is 2.53. The first-order valence-electron chi connectivity index (χ1n) is 8.66. The number of carboxylic acid groups (broad SMARTS) is 1. The second-order valence-electron chi connectivity index (χ2n) is 6.45. The number of rotatable bonds is 3. The van der Waals surface area contributed by atoms with Gasteiger partial charge in [-0.1, -0.05) is 12.1 Å². The predicted octanol–water partition coefficient (Wildman–Crippen LogP) is 1.20. The number of hydrogen-bond donors (Lipinski definition) is 3. The van der Waals surface area contributed by atoms with Crippen LogP contribution in [0.2, 0.25) is 0 Å². The van der Waals surface area contributed by atoms with E-state index < -0.39 is 36.4 Å². The number of nitrogens with one attached hydrogen (secondary N) is 1. The summed E-state index contributed by atoms with van der Waals surface area (Å²) < 4.78 is 42.2. The van der Waals surface area contributed by atoms with Crippen molar-refractivity contribution in [2.45, 2.75) is 24.5 Å². The molecular formula is C19H15F3N2O7. The standard InChI is InChI=1S/C17H14N2O5.C2HF3O2/c1-23-14-9(5-4-8-3-2-6-18-12(8)14)17(22)19-10-7-11(20)15-16(24-15)13(10)21;3-2(4,5)1(6)7/h2-7,13,15-16,21H,1H3,(H,19,22);(H,6,7). The molecule has 0 spiro atoms. The van der Waals surface area contributed by atoms with Crippen LogP contribution in [-0.4, -0.2) is 64.5 Å². The fourth-order valence-electron chi connectivity index (χ4n) is 2.90. The average molecular weight is 440 g/mol. The Morgan fingerprint density at radius 2 is 1.94 bits per heavy atom. The number of amides is 1. The van der Waals surface area contributed by atoms with E-state index in [0.717, 1.165) is 5.39 Å². The Labute approximate surface area is 172 Å². The quantitative estimate of drug-likeness (QED) is 0.606. The number of halogens is 3. The molecule has 3 atom stereocenters. The van der Waals surface area contributed by atoms with E-state index in [1.165, 1.54) is 13.2 Å². The lowest BCUT2D eigenvalue weighted by atomic mass is 10.00. The number of aliphatic carboxylic acids is 1. The molecule has 1 aromatic carbocycles. The van der Waals surface area contributed by atoms with Gasteiger partial charge in [-0.05, 0) is 12.1 Å². The van der Waals surface area contributed by atoms with Gasteiger partial charge >= 0.3 is 12.1 Å². The number of carboxylic acids is 1. The van der Waals surface area contributed by atoms with Gasteiger partial charge in [0.1, 0.15) is 23.8 Å². The number of epoxide rings is 1. The predicted molar refractivity (Wildman–Crippen MR) is 97.2 cm³/mol. The molecule has 9 nitrogen and oxygen atoms in total. The van der Waals surface area contributed by atoms with Gasteiger partial charge in [-0.25, -0.2) is 4.79 Å². The molecule has 12 heteroatoms. The van der Waals surface area contributed by atoms with Crippen LogP contribution < -0.4 is 10.1 Å². The summed E-state index contributed by atoms with van der Waals surface area (Å²) in [5.74, 6) is -3.17. The lowest BCUT2D eigenvalue weighted by Gasteiger charge is -2.18. The molecule has 164 valence electrons. The fraction of sp³-hybridized carbons (Fsp3) is 0.263. The van der Waals surface area contributed by atoms with Crippen LogP contribution in [0.3, 0.4) is 0 Å². The molecule has 1 aromatic heterocycles. The van der Waals surface area contributed by atoms with Crippen molar-refractivity contribution in [3.63, 3.8) is 0 Å². The van der Waals surface area contributed by atoms with Crippen molar-refractivity contribution in [2.24, 2.45) is 0 Å². The van der Waals surface area contributed by atoms with Crippen LogP contribution in [0.5, 0.6) is 5.75 Å². The monoisotopic (exact) mass is 440 g/mol. The molecule has 1 fully saturated rings. The van der Waals surface area contributed by atoms with Gasteiger partial charge in [0.2, 0.25) is 0 Å². The molecule has 3 unspecified atom stereocenters. The summed E-state index contributed by atoms with van der Waals surface area (Å²) in [4.78, 5) is 37.4. The summed E-state index contributed by atoms with van der Waals surface area (Å²) in [6.45, 7) is 0. The van der Waals surface area contributed by atoms with E-state index in [4.69, 9.17) is 19.4 Å². The highest BCUT2D eigenvalue weighted by Crippen LogP contribution is 2.34. The second kappa shape index (κ2) is 8.32. The number of ether oxygens (including phenoxy) is 2. The first kappa shape index (κ1) is 22.2. The van der Waals surface area contributed by atoms with E-state index in [-0.39, 0.29) is 17.0 Å². The second-order valence-corrected chi connectivity index (χ2v) is 6.45. The molecule has 1 aliphatic heterocycles. The number of fused-ring (bicyclic) bond motifs is 2. The van der Waals surface area contributed by atoms with Gasteiger partial charge in [0.05, 0.1) is 18.4 Å². The van der Waals surface area contributed by atoms with Crippen molar-refractivity contribution in [3.8, 4) is 5.75 Å². The minimum Gasteiger partial charge on any atom is -0.494 e. The molecule has 1 saturated heterocycles. The topological polar surface area (TPSA) is 138 Å². The van der Waals surface area contributed by atoms with E-state index in [1.54, 1.807) is 24.4 Å². The molecule has 2 aliphatic rings. The normalized spacial score (nSPS) is 21.9. The Balaban J connectivity index is 0.000000339. The van der Waals surface area contributed by atoms with Crippen LogP contribution in [0, 0.1) is 0 Å². The largest absolute Gasteiger partial charge is 0.494 e. The van der Waals surface area contributed by atoms with Gasteiger partial charge in [0.15, 0.2) is 11.5 Å². The highest BCUT2D eigenvalue weighted by molar-refractivity contribution is 6.04. The summed E-state index contributed by atoms with van der Waals surface area (Å²) in [5, 5.41) is 20.6. The Bertz CT molecular complexity index is 1080. The smallest absolute Gasteiger partial charge is 0.490 e. The number of benzene rings is 1. The van der Waals surface area contributed by atoms with Gasteiger partial charge in [0, 0.05) is 17.7 Å². The van der Waals surface area contributed by atoms with E-state index in [2.05, 4.69) is 10.3 Å². The molecule has 1 aliphatic carbocycles. The third-order valence-electron chi connectivity index (χ3n) is 4.41. The van der Waals surface area contributed by atoms with Crippen LogP contribution in [0.15, 0.2) is 42.2 Å². The molecule has 31 heavy (non-hydrogen) atoms. The number of methoxy groups -OCH3 is 1. The number of aliphatic hydroxyl groups excluding tert-OH is 1. The van der Waals surface area contributed by atoms with Crippen molar-refractivity contribution < 1.29 is 47.2 Å². The van der Waals surface area contributed by atoms with Crippen LogP contribution in [0.1, 0.15) is 10.4 Å². The Morgan fingerprint density at radius 1 is 1.26 bits per heavy atom. The van der Waals surface area contributed by atoms with E-state index in [0.29, 0.717) is 11.3 Å². The Kier molecular flexibility index (Phi) is 5.95. The van der Waals surface area contributed by atoms with Gasteiger partial charge in [0.25, 0.3) is 5.91 Å². The van der Waals surface area contributed by atoms with E-state index in [9.17, 15) is 27.9 Å². The van der Waals surface area contributed by atoms with Crippen LogP contribution in [0.25, 0.3) is 10.9 Å². The Hall–Kier alpha value is -3.51. The minimum absolute atomic E-state index is 0.131. The molecule has 0 saturated carbocycles. The fourth-order valence-corrected chi connectivity index (χ4v) is 2.90. The van der Waals surface area contributed by atoms with Crippen molar-refractivity contribution in [1.82, 2.24) is 10.3 Å². The van der Waals surface area contributed by atoms with Gasteiger partial charge in [-0.3, -0.25) is 14.6 Å². The maximum atomic E-state index is 12.6. The number of alkyl halides is 3. The molecule has 0 bridgehead atoms. The third-order valence-corrected chi connectivity index (χ3v) is 4.41. The SMILES string of the molecule is COc1c(C(=O)NC2=CC(=O)C3OC3C2O)ccc2cccnc12.O=C(O)C(F)(F)F.